The van der Waals surface area contributed by atoms with Crippen LogP contribution in [0.4, 0.5) is 0 Å². The number of aromatic hydroxyl groups is 2. The van der Waals surface area contributed by atoms with E-state index in [2.05, 4.69) is 32.9 Å². The third-order valence-corrected chi connectivity index (χ3v) is 6.76. The van der Waals surface area contributed by atoms with E-state index in [0.29, 0.717) is 11.5 Å². The third-order valence-electron chi connectivity index (χ3n) is 6.76. The normalized spacial score (nSPS) is 17.4. The molecule has 0 aromatic heterocycles. The number of benzene rings is 2. The van der Waals surface area contributed by atoms with Crippen LogP contribution in [0.25, 0.3) is 0 Å². The van der Waals surface area contributed by atoms with Crippen LogP contribution < -0.4 is 0 Å². The van der Waals surface area contributed by atoms with Crippen molar-refractivity contribution in [1.29, 1.82) is 0 Å². The van der Waals surface area contributed by atoms with E-state index in [1.165, 1.54) is 32.1 Å². The monoisotopic (exact) mass is 380 g/mol. The minimum atomic E-state index is -0.0113. The standard InChI is InChI=1S/C26H36O2/c1-17-13-19(3)24(27)21(15-17)23(22-16-18(2)14-20(4)25(22)28)26(5)11-9-7-6-8-10-12-26/h13-16,23,27-28H,6-12H2,1-5H3. The summed E-state index contributed by atoms with van der Waals surface area (Å²) >= 11 is 0. The van der Waals surface area contributed by atoms with Gasteiger partial charge in [-0.15, -0.1) is 0 Å². The van der Waals surface area contributed by atoms with Crippen LogP contribution in [0.3, 0.4) is 0 Å². The van der Waals surface area contributed by atoms with Crippen LogP contribution in [0.15, 0.2) is 24.3 Å². The maximum absolute atomic E-state index is 11.1. The molecule has 0 unspecified atom stereocenters. The zero-order chi connectivity index (χ0) is 20.5. The Hall–Kier alpha value is -1.96. The highest BCUT2D eigenvalue weighted by Crippen LogP contribution is 2.53. The van der Waals surface area contributed by atoms with Crippen molar-refractivity contribution in [3.8, 4) is 11.5 Å². The summed E-state index contributed by atoms with van der Waals surface area (Å²) in [6, 6.07) is 8.34. The summed E-state index contributed by atoms with van der Waals surface area (Å²) < 4.78 is 0. The van der Waals surface area contributed by atoms with Crippen molar-refractivity contribution in [2.45, 2.75) is 85.5 Å². The smallest absolute Gasteiger partial charge is 0.122 e. The number of phenolic OH excluding ortho intramolecular Hbond substituents is 2. The maximum atomic E-state index is 11.1. The van der Waals surface area contributed by atoms with Crippen molar-refractivity contribution in [3.05, 3.63) is 57.6 Å². The molecule has 0 aliphatic heterocycles. The average molecular weight is 381 g/mol. The highest BCUT2D eigenvalue weighted by atomic mass is 16.3. The van der Waals surface area contributed by atoms with Gasteiger partial charge in [-0.2, -0.15) is 0 Å². The van der Waals surface area contributed by atoms with Gasteiger partial charge in [-0.1, -0.05) is 74.4 Å². The molecule has 2 nitrogen and oxygen atoms in total. The molecule has 0 radical (unpaired) electrons. The fourth-order valence-electron chi connectivity index (χ4n) is 5.35. The molecule has 0 atom stereocenters. The molecule has 3 rings (SSSR count). The van der Waals surface area contributed by atoms with E-state index >= 15 is 0 Å². The van der Waals surface area contributed by atoms with Gasteiger partial charge in [0.25, 0.3) is 0 Å². The molecule has 0 heterocycles. The molecule has 0 saturated heterocycles. The Labute approximate surface area is 170 Å². The van der Waals surface area contributed by atoms with Gasteiger partial charge in [-0.05, 0) is 57.1 Å². The molecule has 0 spiro atoms. The summed E-state index contributed by atoms with van der Waals surface area (Å²) in [5, 5.41) is 22.1. The van der Waals surface area contributed by atoms with Crippen molar-refractivity contribution in [3.63, 3.8) is 0 Å². The van der Waals surface area contributed by atoms with Gasteiger partial charge in [-0.3, -0.25) is 0 Å². The van der Waals surface area contributed by atoms with E-state index in [0.717, 1.165) is 46.2 Å². The highest BCUT2D eigenvalue weighted by Gasteiger charge is 2.39. The summed E-state index contributed by atoms with van der Waals surface area (Å²) in [5.41, 5.74) is 6.11. The average Bonchev–Trinajstić information content (AvgIpc) is 2.60. The molecular weight excluding hydrogens is 344 g/mol. The van der Waals surface area contributed by atoms with Crippen molar-refractivity contribution >= 4 is 0 Å². The first kappa shape index (κ1) is 20.8. The molecule has 152 valence electrons. The molecule has 1 fully saturated rings. The minimum absolute atomic E-state index is 0.00977. The van der Waals surface area contributed by atoms with Crippen LogP contribution in [0, 0.1) is 33.1 Å². The molecule has 2 aromatic carbocycles. The van der Waals surface area contributed by atoms with Crippen LogP contribution in [0.5, 0.6) is 11.5 Å². The van der Waals surface area contributed by atoms with E-state index in [9.17, 15) is 10.2 Å². The molecule has 2 N–H and O–H groups in total. The van der Waals surface area contributed by atoms with E-state index in [1.807, 2.05) is 26.0 Å². The molecule has 0 bridgehead atoms. The summed E-state index contributed by atoms with van der Waals surface area (Å²) in [5.74, 6) is 0.762. The van der Waals surface area contributed by atoms with E-state index < -0.39 is 0 Å². The quantitative estimate of drug-likeness (QED) is 0.590. The van der Waals surface area contributed by atoms with E-state index in [-0.39, 0.29) is 11.3 Å². The van der Waals surface area contributed by atoms with Gasteiger partial charge < -0.3 is 10.2 Å². The van der Waals surface area contributed by atoms with Crippen LogP contribution in [-0.2, 0) is 0 Å². The van der Waals surface area contributed by atoms with Crippen LogP contribution in [0.1, 0.15) is 91.2 Å². The largest absolute Gasteiger partial charge is 0.507 e. The van der Waals surface area contributed by atoms with E-state index in [1.54, 1.807) is 0 Å². The highest BCUT2D eigenvalue weighted by molar-refractivity contribution is 5.54. The number of aryl methyl sites for hydroxylation is 4. The Morgan fingerprint density at radius 1 is 0.679 bits per heavy atom. The van der Waals surface area contributed by atoms with Crippen molar-refractivity contribution < 1.29 is 10.2 Å². The lowest BCUT2D eigenvalue weighted by molar-refractivity contribution is 0.201. The van der Waals surface area contributed by atoms with Gasteiger partial charge in [-0.25, -0.2) is 0 Å². The van der Waals surface area contributed by atoms with Crippen molar-refractivity contribution in [2.75, 3.05) is 0 Å². The number of hydrogen-bond donors (Lipinski definition) is 2. The van der Waals surface area contributed by atoms with Gasteiger partial charge in [0.2, 0.25) is 0 Å². The first-order valence-corrected chi connectivity index (χ1v) is 10.8. The van der Waals surface area contributed by atoms with Gasteiger partial charge >= 0.3 is 0 Å². The fraction of sp³-hybridized carbons (Fsp3) is 0.538. The molecule has 0 amide bonds. The van der Waals surface area contributed by atoms with Crippen LogP contribution in [0.2, 0.25) is 0 Å². The lowest BCUT2D eigenvalue weighted by atomic mass is 9.63. The summed E-state index contributed by atoms with van der Waals surface area (Å²) in [4.78, 5) is 0. The topological polar surface area (TPSA) is 40.5 Å². The van der Waals surface area contributed by atoms with E-state index in [4.69, 9.17) is 0 Å². The molecule has 2 aromatic rings. The van der Waals surface area contributed by atoms with Gasteiger partial charge in [0.1, 0.15) is 11.5 Å². The van der Waals surface area contributed by atoms with Crippen molar-refractivity contribution in [2.24, 2.45) is 5.41 Å². The Kier molecular flexibility index (Phi) is 6.07. The minimum Gasteiger partial charge on any atom is -0.507 e. The molecule has 1 saturated carbocycles. The third kappa shape index (κ3) is 4.06. The molecule has 1 aliphatic carbocycles. The first-order valence-electron chi connectivity index (χ1n) is 10.8. The van der Waals surface area contributed by atoms with Gasteiger partial charge in [0, 0.05) is 17.0 Å². The predicted octanol–water partition coefficient (Wildman–Crippen LogP) is 7.21. The maximum Gasteiger partial charge on any atom is 0.122 e. The Balaban J connectivity index is 2.26. The molecule has 28 heavy (non-hydrogen) atoms. The molecule has 1 aliphatic rings. The Morgan fingerprint density at radius 3 is 1.50 bits per heavy atom. The number of phenols is 2. The zero-order valence-corrected chi connectivity index (χ0v) is 18.2. The molecular formula is C26H36O2. The number of rotatable bonds is 3. The molecule has 2 heteroatoms. The second-order valence-electron chi connectivity index (χ2n) is 9.39. The number of hydrogen-bond acceptors (Lipinski definition) is 2. The Bertz CT molecular complexity index is 784. The second kappa shape index (κ2) is 8.19. The lowest BCUT2D eigenvalue weighted by Gasteiger charge is -2.41. The summed E-state index contributed by atoms with van der Waals surface area (Å²) in [7, 11) is 0. The van der Waals surface area contributed by atoms with Gasteiger partial charge in [0.15, 0.2) is 0 Å². The first-order chi connectivity index (χ1) is 13.2. The van der Waals surface area contributed by atoms with Crippen molar-refractivity contribution in [1.82, 2.24) is 0 Å². The fourth-order valence-corrected chi connectivity index (χ4v) is 5.35. The second-order valence-corrected chi connectivity index (χ2v) is 9.39. The van der Waals surface area contributed by atoms with Crippen LogP contribution in [-0.4, -0.2) is 10.2 Å². The van der Waals surface area contributed by atoms with Gasteiger partial charge in [0.05, 0.1) is 0 Å². The Morgan fingerprint density at radius 2 is 1.07 bits per heavy atom. The zero-order valence-electron chi connectivity index (χ0n) is 18.2. The summed E-state index contributed by atoms with van der Waals surface area (Å²) in [6.07, 6.45) is 8.55. The summed E-state index contributed by atoms with van der Waals surface area (Å²) in [6.45, 7) is 10.5. The predicted molar refractivity (Wildman–Crippen MR) is 117 cm³/mol. The SMILES string of the molecule is Cc1cc(C)c(O)c(C(c2cc(C)cc(C)c2O)C2(C)CCCCCCC2)c1. The van der Waals surface area contributed by atoms with Crippen LogP contribution >= 0.6 is 0 Å². The lowest BCUT2D eigenvalue weighted by Crippen LogP contribution is -2.28.